The number of guanidine groups is 1. The summed E-state index contributed by atoms with van der Waals surface area (Å²) in [5.74, 6) is 1.77. The Morgan fingerprint density at radius 3 is 2.70 bits per heavy atom. The maximum atomic E-state index is 12.5. The first-order chi connectivity index (χ1) is 12.8. The van der Waals surface area contributed by atoms with Gasteiger partial charge >= 0.3 is 6.18 Å². The van der Waals surface area contributed by atoms with Gasteiger partial charge in [0.25, 0.3) is 0 Å². The second-order valence-corrected chi connectivity index (χ2v) is 6.23. The van der Waals surface area contributed by atoms with E-state index in [-0.39, 0.29) is 6.04 Å². The molecule has 152 valence electrons. The molecule has 1 aromatic carbocycles. The number of methoxy groups -OCH3 is 1. The first kappa shape index (κ1) is 21.1. The smallest absolute Gasteiger partial charge is 0.401 e. The molecular formula is C18H27F3N4O2. The number of anilines is 1. The first-order valence-electron chi connectivity index (χ1n) is 9.02. The Morgan fingerprint density at radius 1 is 1.30 bits per heavy atom. The second-order valence-electron chi connectivity index (χ2n) is 6.23. The molecule has 0 bridgehead atoms. The summed E-state index contributed by atoms with van der Waals surface area (Å²) in [6.07, 6.45) is -3.54. The van der Waals surface area contributed by atoms with Crippen LogP contribution < -0.4 is 20.1 Å². The van der Waals surface area contributed by atoms with Crippen LogP contribution in [0.3, 0.4) is 0 Å². The van der Waals surface area contributed by atoms with E-state index in [0.717, 1.165) is 5.69 Å². The highest BCUT2D eigenvalue weighted by Crippen LogP contribution is 2.30. The van der Waals surface area contributed by atoms with Gasteiger partial charge in [0.15, 0.2) is 17.5 Å². The summed E-state index contributed by atoms with van der Waals surface area (Å²) in [6, 6.07) is 5.34. The SMILES string of the molecule is CCN=C(Nc1ccc(OCC)c(OC)c1)NC1CCN(CC(F)(F)F)C1. The van der Waals surface area contributed by atoms with E-state index in [9.17, 15) is 13.2 Å². The summed E-state index contributed by atoms with van der Waals surface area (Å²) in [5.41, 5.74) is 0.750. The summed E-state index contributed by atoms with van der Waals surface area (Å²) < 4.78 is 48.5. The second kappa shape index (κ2) is 9.68. The zero-order chi connectivity index (χ0) is 19.9. The van der Waals surface area contributed by atoms with Crippen LogP contribution >= 0.6 is 0 Å². The molecule has 0 amide bonds. The molecule has 1 aliphatic rings. The van der Waals surface area contributed by atoms with Gasteiger partial charge in [-0.25, -0.2) is 0 Å². The summed E-state index contributed by atoms with van der Waals surface area (Å²) >= 11 is 0. The number of alkyl halides is 3. The van der Waals surface area contributed by atoms with Crippen LogP contribution in [0.15, 0.2) is 23.2 Å². The Labute approximate surface area is 157 Å². The van der Waals surface area contributed by atoms with Crippen molar-refractivity contribution in [3.05, 3.63) is 18.2 Å². The topological polar surface area (TPSA) is 58.1 Å². The molecule has 2 N–H and O–H groups in total. The van der Waals surface area contributed by atoms with Gasteiger partial charge in [0.1, 0.15) is 0 Å². The highest BCUT2D eigenvalue weighted by atomic mass is 19.4. The van der Waals surface area contributed by atoms with Gasteiger partial charge in [-0.3, -0.25) is 9.89 Å². The number of hydrogen-bond acceptors (Lipinski definition) is 4. The number of likely N-dealkylation sites (tertiary alicyclic amines) is 1. The summed E-state index contributed by atoms with van der Waals surface area (Å²) in [6.45, 7) is 4.72. The van der Waals surface area contributed by atoms with Gasteiger partial charge in [0.05, 0.1) is 20.3 Å². The third-order valence-electron chi connectivity index (χ3n) is 4.06. The maximum Gasteiger partial charge on any atom is 0.401 e. The van der Waals surface area contributed by atoms with Gasteiger partial charge in [-0.05, 0) is 32.4 Å². The fourth-order valence-electron chi connectivity index (χ4n) is 2.98. The lowest BCUT2D eigenvalue weighted by Gasteiger charge is -2.20. The van der Waals surface area contributed by atoms with Gasteiger partial charge in [0.2, 0.25) is 0 Å². The molecule has 2 rings (SSSR count). The van der Waals surface area contributed by atoms with E-state index < -0.39 is 12.7 Å². The minimum atomic E-state index is -4.17. The molecule has 0 aliphatic carbocycles. The van der Waals surface area contributed by atoms with Crippen LogP contribution in [0, 0.1) is 0 Å². The van der Waals surface area contributed by atoms with Gasteiger partial charge in [-0.1, -0.05) is 0 Å². The van der Waals surface area contributed by atoms with E-state index in [2.05, 4.69) is 15.6 Å². The van der Waals surface area contributed by atoms with Crippen molar-refractivity contribution in [2.24, 2.45) is 4.99 Å². The van der Waals surface area contributed by atoms with E-state index in [1.807, 2.05) is 19.9 Å². The van der Waals surface area contributed by atoms with Crippen LogP contribution in [0.4, 0.5) is 18.9 Å². The van der Waals surface area contributed by atoms with Crippen molar-refractivity contribution in [2.75, 3.05) is 45.2 Å². The standard InChI is InChI=1S/C18H27F3N4O2/c1-4-22-17(24-14-8-9-25(11-14)12-18(19,20)21)23-13-6-7-15(27-5-2)16(10-13)26-3/h6-7,10,14H,4-5,8-9,11-12H2,1-3H3,(H2,22,23,24). The third-order valence-corrected chi connectivity index (χ3v) is 4.06. The van der Waals surface area contributed by atoms with Crippen LogP contribution in [-0.4, -0.2) is 63.0 Å². The molecule has 1 unspecified atom stereocenters. The lowest BCUT2D eigenvalue weighted by molar-refractivity contribution is -0.143. The number of halogens is 3. The number of aliphatic imine (C=N–C) groups is 1. The summed E-state index contributed by atoms with van der Waals surface area (Å²) in [5, 5.41) is 6.39. The lowest BCUT2D eigenvalue weighted by Crippen LogP contribution is -2.42. The average molecular weight is 388 g/mol. The molecule has 1 saturated heterocycles. The van der Waals surface area contributed by atoms with Crippen molar-refractivity contribution in [1.29, 1.82) is 0 Å². The van der Waals surface area contributed by atoms with Gasteiger partial charge in [-0.15, -0.1) is 0 Å². The molecule has 1 aromatic rings. The first-order valence-corrected chi connectivity index (χ1v) is 9.02. The van der Waals surface area contributed by atoms with Gasteiger partial charge in [0, 0.05) is 37.4 Å². The van der Waals surface area contributed by atoms with Crippen LogP contribution in [0.25, 0.3) is 0 Å². The molecule has 27 heavy (non-hydrogen) atoms. The Balaban J connectivity index is 1.99. The Hall–Kier alpha value is -2.16. The molecule has 1 fully saturated rings. The highest BCUT2D eigenvalue weighted by molar-refractivity contribution is 5.94. The van der Waals surface area contributed by atoms with Crippen LogP contribution in [-0.2, 0) is 0 Å². The molecule has 9 heteroatoms. The number of nitrogens with one attached hydrogen (secondary N) is 2. The molecule has 0 saturated carbocycles. The van der Waals surface area contributed by atoms with E-state index in [1.54, 1.807) is 19.2 Å². The monoisotopic (exact) mass is 388 g/mol. The van der Waals surface area contributed by atoms with Crippen molar-refractivity contribution in [3.8, 4) is 11.5 Å². The predicted octanol–water partition coefficient (Wildman–Crippen LogP) is 3.11. The summed E-state index contributed by atoms with van der Waals surface area (Å²) in [7, 11) is 1.56. The van der Waals surface area contributed by atoms with Crippen molar-refractivity contribution in [3.63, 3.8) is 0 Å². The fourth-order valence-corrected chi connectivity index (χ4v) is 2.98. The van der Waals surface area contributed by atoms with Gasteiger partial charge < -0.3 is 20.1 Å². The molecule has 6 nitrogen and oxygen atoms in total. The zero-order valence-electron chi connectivity index (χ0n) is 15.9. The lowest BCUT2D eigenvalue weighted by atomic mass is 10.2. The minimum Gasteiger partial charge on any atom is -0.493 e. The maximum absolute atomic E-state index is 12.5. The molecule has 1 heterocycles. The molecule has 0 aromatic heterocycles. The van der Waals surface area contributed by atoms with Crippen molar-refractivity contribution in [2.45, 2.75) is 32.5 Å². The Kier molecular flexibility index (Phi) is 7.58. The number of hydrogen-bond donors (Lipinski definition) is 2. The number of rotatable bonds is 7. The van der Waals surface area contributed by atoms with Crippen LogP contribution in [0.2, 0.25) is 0 Å². The van der Waals surface area contributed by atoms with Crippen LogP contribution in [0.1, 0.15) is 20.3 Å². The van der Waals surface area contributed by atoms with E-state index in [4.69, 9.17) is 9.47 Å². The molecule has 1 atom stereocenters. The zero-order valence-corrected chi connectivity index (χ0v) is 15.9. The van der Waals surface area contributed by atoms with Crippen LogP contribution in [0.5, 0.6) is 11.5 Å². The minimum absolute atomic E-state index is 0.0882. The quantitative estimate of drug-likeness (QED) is 0.555. The molecule has 1 aliphatic heterocycles. The Morgan fingerprint density at radius 2 is 2.07 bits per heavy atom. The predicted molar refractivity (Wildman–Crippen MR) is 99.8 cm³/mol. The molecule has 0 radical (unpaired) electrons. The number of benzene rings is 1. The van der Waals surface area contributed by atoms with E-state index in [1.165, 1.54) is 4.90 Å². The third kappa shape index (κ3) is 6.82. The fraction of sp³-hybridized carbons (Fsp3) is 0.611. The van der Waals surface area contributed by atoms with E-state index >= 15 is 0 Å². The molecular weight excluding hydrogens is 361 g/mol. The number of ether oxygens (including phenoxy) is 2. The largest absolute Gasteiger partial charge is 0.493 e. The van der Waals surface area contributed by atoms with Crippen molar-refractivity contribution < 1.29 is 22.6 Å². The summed E-state index contributed by atoms with van der Waals surface area (Å²) in [4.78, 5) is 5.78. The normalized spacial score (nSPS) is 18.4. The number of nitrogens with zero attached hydrogens (tertiary/aromatic N) is 2. The van der Waals surface area contributed by atoms with E-state index in [0.29, 0.717) is 50.1 Å². The average Bonchev–Trinajstić information content (AvgIpc) is 3.01. The van der Waals surface area contributed by atoms with Crippen molar-refractivity contribution >= 4 is 11.6 Å². The molecule has 0 spiro atoms. The Bertz CT molecular complexity index is 638. The van der Waals surface area contributed by atoms with Crippen molar-refractivity contribution in [1.82, 2.24) is 10.2 Å². The highest BCUT2D eigenvalue weighted by Gasteiger charge is 2.34. The van der Waals surface area contributed by atoms with Gasteiger partial charge in [-0.2, -0.15) is 13.2 Å².